The van der Waals surface area contributed by atoms with E-state index in [1.165, 1.54) is 5.56 Å². The first-order valence-corrected chi connectivity index (χ1v) is 9.35. The van der Waals surface area contributed by atoms with Gasteiger partial charge < -0.3 is 19.7 Å². The highest BCUT2D eigenvalue weighted by Gasteiger charge is 2.39. The highest BCUT2D eigenvalue weighted by molar-refractivity contribution is 5.92. The van der Waals surface area contributed by atoms with Crippen molar-refractivity contribution in [1.82, 2.24) is 4.90 Å². The SMILES string of the molecule is Cc1cc(C)c(NC(=O)CCCN2CCC3(CC2)OCCO3)c(C)c1. The molecule has 1 N–H and O–H groups in total. The highest BCUT2D eigenvalue weighted by Crippen LogP contribution is 2.31. The van der Waals surface area contributed by atoms with Gasteiger partial charge in [0.2, 0.25) is 5.91 Å². The van der Waals surface area contributed by atoms with Crippen molar-refractivity contribution < 1.29 is 14.3 Å². The molecule has 1 amide bonds. The first kappa shape index (κ1) is 18.4. The van der Waals surface area contributed by atoms with E-state index < -0.39 is 0 Å². The molecule has 1 spiro atoms. The van der Waals surface area contributed by atoms with Crippen molar-refractivity contribution in [3.63, 3.8) is 0 Å². The second kappa shape index (κ2) is 7.85. The summed E-state index contributed by atoms with van der Waals surface area (Å²) in [5.41, 5.74) is 4.45. The van der Waals surface area contributed by atoms with Gasteiger partial charge in [-0.2, -0.15) is 0 Å². The molecular formula is C20H30N2O3. The van der Waals surface area contributed by atoms with Crippen LogP contribution in [0.2, 0.25) is 0 Å². The van der Waals surface area contributed by atoms with Crippen LogP contribution in [0, 0.1) is 20.8 Å². The van der Waals surface area contributed by atoms with Gasteiger partial charge in [-0.3, -0.25) is 4.79 Å². The number of amides is 1. The van der Waals surface area contributed by atoms with E-state index in [0.29, 0.717) is 6.42 Å². The van der Waals surface area contributed by atoms with Gasteiger partial charge in [-0.25, -0.2) is 0 Å². The first-order valence-electron chi connectivity index (χ1n) is 9.35. The number of rotatable bonds is 5. The Morgan fingerprint density at radius 3 is 2.32 bits per heavy atom. The maximum absolute atomic E-state index is 12.3. The lowest BCUT2D eigenvalue weighted by molar-refractivity contribution is -0.185. The van der Waals surface area contributed by atoms with Crippen LogP contribution in [0.3, 0.4) is 0 Å². The molecule has 0 radical (unpaired) electrons. The number of likely N-dealkylation sites (tertiary alicyclic amines) is 1. The summed E-state index contributed by atoms with van der Waals surface area (Å²) < 4.78 is 11.5. The summed E-state index contributed by atoms with van der Waals surface area (Å²) in [6.07, 6.45) is 3.30. The fourth-order valence-electron chi connectivity index (χ4n) is 3.95. The smallest absolute Gasteiger partial charge is 0.224 e. The topological polar surface area (TPSA) is 50.8 Å². The fraction of sp³-hybridized carbons (Fsp3) is 0.650. The maximum atomic E-state index is 12.3. The Labute approximate surface area is 150 Å². The molecule has 5 nitrogen and oxygen atoms in total. The Balaban J connectivity index is 1.40. The summed E-state index contributed by atoms with van der Waals surface area (Å²) in [6.45, 7) is 10.5. The van der Waals surface area contributed by atoms with Crippen LogP contribution in [0.4, 0.5) is 5.69 Å². The molecule has 0 atom stereocenters. The zero-order valence-corrected chi connectivity index (χ0v) is 15.7. The standard InChI is InChI=1S/C20H30N2O3/c1-15-13-16(2)19(17(3)14-15)21-18(23)5-4-8-22-9-6-20(7-10-22)24-11-12-25-20/h13-14H,4-12H2,1-3H3,(H,21,23). The van der Waals surface area contributed by atoms with Crippen LogP contribution in [-0.2, 0) is 14.3 Å². The van der Waals surface area contributed by atoms with Crippen molar-refractivity contribution in [3.05, 3.63) is 28.8 Å². The Bertz CT molecular complexity index is 590. The first-order chi connectivity index (χ1) is 12.0. The third-order valence-electron chi connectivity index (χ3n) is 5.25. The molecule has 25 heavy (non-hydrogen) atoms. The van der Waals surface area contributed by atoms with Crippen LogP contribution in [0.15, 0.2) is 12.1 Å². The summed E-state index contributed by atoms with van der Waals surface area (Å²) in [6, 6.07) is 4.22. The number of aryl methyl sites for hydroxylation is 3. The van der Waals surface area contributed by atoms with E-state index in [2.05, 4.69) is 29.3 Å². The second-order valence-corrected chi connectivity index (χ2v) is 7.37. The molecule has 5 heteroatoms. The van der Waals surface area contributed by atoms with E-state index in [0.717, 1.165) is 68.9 Å². The molecule has 2 aliphatic rings. The van der Waals surface area contributed by atoms with E-state index in [1.54, 1.807) is 0 Å². The summed E-state index contributed by atoms with van der Waals surface area (Å²) in [5.74, 6) is -0.208. The summed E-state index contributed by atoms with van der Waals surface area (Å²) in [4.78, 5) is 14.7. The predicted octanol–water partition coefficient (Wildman–Crippen LogP) is 3.17. The lowest BCUT2D eigenvalue weighted by atomic mass is 10.0. The van der Waals surface area contributed by atoms with Crippen LogP contribution in [0.25, 0.3) is 0 Å². The molecule has 138 valence electrons. The van der Waals surface area contributed by atoms with E-state index in [1.807, 2.05) is 13.8 Å². The quantitative estimate of drug-likeness (QED) is 0.890. The molecule has 1 aromatic rings. The third kappa shape index (κ3) is 4.60. The molecule has 2 aliphatic heterocycles. The Kier molecular flexibility index (Phi) is 5.77. The Morgan fingerprint density at radius 1 is 1.12 bits per heavy atom. The average molecular weight is 346 g/mol. The highest BCUT2D eigenvalue weighted by atomic mass is 16.7. The molecule has 0 aliphatic carbocycles. The lowest BCUT2D eigenvalue weighted by Gasteiger charge is -2.37. The average Bonchev–Trinajstić information content (AvgIpc) is 3.01. The van der Waals surface area contributed by atoms with Gasteiger partial charge in [0, 0.05) is 38.0 Å². The maximum Gasteiger partial charge on any atom is 0.224 e. The fourth-order valence-corrected chi connectivity index (χ4v) is 3.95. The largest absolute Gasteiger partial charge is 0.347 e. The predicted molar refractivity (Wildman–Crippen MR) is 98.8 cm³/mol. The van der Waals surface area contributed by atoms with Gasteiger partial charge in [0.05, 0.1) is 13.2 Å². The number of carbonyl (C=O) groups excluding carboxylic acids is 1. The van der Waals surface area contributed by atoms with Crippen LogP contribution in [0.5, 0.6) is 0 Å². The van der Waals surface area contributed by atoms with E-state index in [4.69, 9.17) is 9.47 Å². The lowest BCUT2D eigenvalue weighted by Crippen LogP contribution is -2.45. The Morgan fingerprint density at radius 2 is 1.72 bits per heavy atom. The van der Waals surface area contributed by atoms with Crippen molar-refractivity contribution in [2.45, 2.75) is 52.2 Å². The number of hydrogen-bond donors (Lipinski definition) is 1. The molecular weight excluding hydrogens is 316 g/mol. The van der Waals surface area contributed by atoms with Crippen molar-refractivity contribution in [3.8, 4) is 0 Å². The summed E-state index contributed by atoms with van der Waals surface area (Å²) in [5, 5.41) is 3.09. The molecule has 2 fully saturated rings. The van der Waals surface area contributed by atoms with Gasteiger partial charge in [0.25, 0.3) is 0 Å². The second-order valence-electron chi connectivity index (χ2n) is 7.37. The van der Waals surface area contributed by atoms with Crippen LogP contribution >= 0.6 is 0 Å². The minimum absolute atomic E-state index is 0.103. The summed E-state index contributed by atoms with van der Waals surface area (Å²) in [7, 11) is 0. The zero-order valence-electron chi connectivity index (χ0n) is 15.7. The van der Waals surface area contributed by atoms with Crippen molar-refractivity contribution >= 4 is 11.6 Å². The van der Waals surface area contributed by atoms with Crippen LogP contribution < -0.4 is 5.32 Å². The minimum Gasteiger partial charge on any atom is -0.347 e. The van der Waals surface area contributed by atoms with Gasteiger partial charge in [-0.1, -0.05) is 17.7 Å². The molecule has 0 unspecified atom stereocenters. The van der Waals surface area contributed by atoms with Gasteiger partial charge in [0.15, 0.2) is 5.79 Å². The monoisotopic (exact) mass is 346 g/mol. The van der Waals surface area contributed by atoms with Gasteiger partial charge in [-0.15, -0.1) is 0 Å². The van der Waals surface area contributed by atoms with Crippen LogP contribution in [0.1, 0.15) is 42.4 Å². The molecule has 2 heterocycles. The minimum atomic E-state index is -0.311. The normalized spacial score (nSPS) is 20.1. The number of nitrogens with zero attached hydrogens (tertiary/aromatic N) is 1. The molecule has 0 saturated carbocycles. The van der Waals surface area contributed by atoms with E-state index in [9.17, 15) is 4.79 Å². The number of benzene rings is 1. The molecule has 3 rings (SSSR count). The Hall–Kier alpha value is -1.43. The molecule has 0 bridgehead atoms. The van der Waals surface area contributed by atoms with Crippen molar-refractivity contribution in [2.24, 2.45) is 0 Å². The number of hydrogen-bond acceptors (Lipinski definition) is 4. The van der Waals surface area contributed by atoms with E-state index in [-0.39, 0.29) is 11.7 Å². The molecule has 0 aromatic heterocycles. The van der Waals surface area contributed by atoms with E-state index >= 15 is 0 Å². The van der Waals surface area contributed by atoms with Gasteiger partial charge in [-0.05, 0) is 44.9 Å². The van der Waals surface area contributed by atoms with Gasteiger partial charge in [0.1, 0.15) is 0 Å². The number of ether oxygens (including phenoxy) is 2. The van der Waals surface area contributed by atoms with Crippen molar-refractivity contribution in [2.75, 3.05) is 38.2 Å². The van der Waals surface area contributed by atoms with Crippen molar-refractivity contribution in [1.29, 1.82) is 0 Å². The number of nitrogens with one attached hydrogen (secondary N) is 1. The number of anilines is 1. The number of carbonyl (C=O) groups is 1. The number of piperidine rings is 1. The molecule has 1 aromatic carbocycles. The van der Waals surface area contributed by atoms with Gasteiger partial charge >= 0.3 is 0 Å². The zero-order chi connectivity index (χ0) is 17.9. The van der Waals surface area contributed by atoms with Crippen LogP contribution in [-0.4, -0.2) is 49.4 Å². The third-order valence-corrected chi connectivity index (χ3v) is 5.25. The summed E-state index contributed by atoms with van der Waals surface area (Å²) >= 11 is 0. The molecule has 2 saturated heterocycles.